The monoisotopic (exact) mass is 378 g/mol. The minimum Gasteiger partial charge on any atom is -0.353 e. The lowest BCUT2D eigenvalue weighted by atomic mass is 10.2. The molecule has 1 rings (SSSR count). The molecule has 1 fully saturated rings. The molecule has 1 aliphatic rings. The number of rotatable bonds is 7. The molecule has 1 heterocycles. The molecule has 9 nitrogen and oxygen atoms in total. The molecule has 1 saturated heterocycles. The van der Waals surface area contributed by atoms with Crippen molar-refractivity contribution in [2.75, 3.05) is 25.4 Å². The van der Waals surface area contributed by atoms with Crippen LogP contribution in [0.4, 0.5) is 0 Å². The van der Waals surface area contributed by atoms with Crippen molar-refractivity contribution in [3.8, 4) is 0 Å². The van der Waals surface area contributed by atoms with Gasteiger partial charge < -0.3 is 9.47 Å². The molecule has 0 saturated carbocycles. The Labute approximate surface area is 133 Å². The fourth-order valence-corrected chi connectivity index (χ4v) is 3.75. The van der Waals surface area contributed by atoms with Gasteiger partial charge in [-0.15, -0.1) is 0 Å². The summed E-state index contributed by atoms with van der Waals surface area (Å²) in [5.41, 5.74) is 0. The Morgan fingerprint density at radius 1 is 1.09 bits per heavy atom. The third-order valence-corrected chi connectivity index (χ3v) is 4.57. The van der Waals surface area contributed by atoms with Crippen LogP contribution in [-0.4, -0.2) is 71.9 Å². The first kappa shape index (κ1) is 19.8. The maximum absolute atomic E-state index is 11.4. The highest BCUT2D eigenvalue weighted by Gasteiger charge is 2.50. The molecule has 0 aromatic heterocycles. The van der Waals surface area contributed by atoms with Crippen molar-refractivity contribution < 1.29 is 39.5 Å². The van der Waals surface area contributed by atoms with E-state index in [0.29, 0.717) is 0 Å². The van der Waals surface area contributed by atoms with Gasteiger partial charge in [-0.3, -0.25) is 13.2 Å². The van der Waals surface area contributed by atoms with E-state index >= 15 is 0 Å². The number of methoxy groups -OCH3 is 1. The van der Waals surface area contributed by atoms with Crippen LogP contribution < -0.4 is 0 Å². The second-order valence-corrected chi connectivity index (χ2v) is 9.01. The first-order valence-electron chi connectivity index (χ1n) is 6.01. The summed E-state index contributed by atoms with van der Waals surface area (Å²) in [6.45, 7) is 1.34. The van der Waals surface area contributed by atoms with E-state index in [4.69, 9.17) is 17.8 Å². The van der Waals surface area contributed by atoms with E-state index in [1.165, 1.54) is 14.0 Å². The van der Waals surface area contributed by atoms with Gasteiger partial charge in [-0.2, -0.15) is 16.8 Å². The number of thioether (sulfide) groups is 1. The standard InChI is InChI=1S/C10H18O9S3/c1-6(11)20-5-7-8(18-21(3,12)13)9(10(16-2)17-7)19-22(4,14)15/h7-10H,5H2,1-4H3/t7-,8-,9-,10-/m1/s1. The summed E-state index contributed by atoms with van der Waals surface area (Å²) in [7, 11) is -6.55. The third-order valence-electron chi connectivity index (χ3n) is 2.52. The van der Waals surface area contributed by atoms with Gasteiger partial charge in [0.05, 0.1) is 12.5 Å². The van der Waals surface area contributed by atoms with Gasteiger partial charge in [-0.1, -0.05) is 11.8 Å². The Kier molecular flexibility index (Phi) is 6.80. The highest BCUT2D eigenvalue weighted by Crippen LogP contribution is 2.31. The largest absolute Gasteiger partial charge is 0.353 e. The van der Waals surface area contributed by atoms with Crippen molar-refractivity contribution in [1.29, 1.82) is 0 Å². The van der Waals surface area contributed by atoms with Crippen molar-refractivity contribution >= 4 is 37.1 Å². The molecule has 22 heavy (non-hydrogen) atoms. The summed E-state index contributed by atoms with van der Waals surface area (Å²) in [6, 6.07) is 0. The molecule has 0 aliphatic carbocycles. The number of ether oxygens (including phenoxy) is 2. The summed E-state index contributed by atoms with van der Waals surface area (Å²) >= 11 is 0.892. The SMILES string of the molecule is CO[C@@H]1O[C@H](CSC(C)=O)[C@@H](OS(C)(=O)=O)[C@H]1OS(C)(=O)=O. The lowest BCUT2D eigenvalue weighted by Gasteiger charge is -2.21. The molecule has 0 spiro atoms. The Balaban J connectivity index is 3.04. The quantitative estimate of drug-likeness (QED) is 0.527. The zero-order chi connectivity index (χ0) is 17.1. The second kappa shape index (κ2) is 7.55. The van der Waals surface area contributed by atoms with E-state index in [-0.39, 0.29) is 10.9 Å². The van der Waals surface area contributed by atoms with Gasteiger partial charge in [0, 0.05) is 19.8 Å². The van der Waals surface area contributed by atoms with Crippen molar-refractivity contribution in [2.24, 2.45) is 0 Å². The topological polar surface area (TPSA) is 122 Å². The van der Waals surface area contributed by atoms with Gasteiger partial charge in [0.2, 0.25) is 0 Å². The van der Waals surface area contributed by atoms with Crippen LogP contribution in [0, 0.1) is 0 Å². The minimum absolute atomic E-state index is 0.0685. The molecule has 0 aromatic carbocycles. The van der Waals surface area contributed by atoms with Crippen LogP contribution in [0.2, 0.25) is 0 Å². The van der Waals surface area contributed by atoms with Crippen LogP contribution in [0.25, 0.3) is 0 Å². The van der Waals surface area contributed by atoms with Crippen molar-refractivity contribution in [3.05, 3.63) is 0 Å². The lowest BCUT2D eigenvalue weighted by Crippen LogP contribution is -2.41. The number of hydrogen-bond donors (Lipinski definition) is 0. The van der Waals surface area contributed by atoms with Crippen LogP contribution in [0.15, 0.2) is 0 Å². The summed E-state index contributed by atoms with van der Waals surface area (Å²) < 4.78 is 65.5. The second-order valence-electron chi connectivity index (χ2n) is 4.61. The predicted molar refractivity (Wildman–Crippen MR) is 78.2 cm³/mol. The first-order chi connectivity index (χ1) is 9.93. The van der Waals surface area contributed by atoms with E-state index in [1.54, 1.807) is 0 Å². The van der Waals surface area contributed by atoms with E-state index in [2.05, 4.69) is 0 Å². The first-order valence-corrected chi connectivity index (χ1v) is 10.6. The van der Waals surface area contributed by atoms with Gasteiger partial charge in [0.25, 0.3) is 20.2 Å². The average molecular weight is 378 g/mol. The van der Waals surface area contributed by atoms with Crippen LogP contribution in [0.1, 0.15) is 6.92 Å². The molecule has 4 atom stereocenters. The zero-order valence-corrected chi connectivity index (χ0v) is 14.9. The number of carbonyl (C=O) groups is 1. The van der Waals surface area contributed by atoms with Crippen molar-refractivity contribution in [1.82, 2.24) is 0 Å². The van der Waals surface area contributed by atoms with Gasteiger partial charge in [-0.25, -0.2) is 0 Å². The molecule has 0 N–H and O–H groups in total. The van der Waals surface area contributed by atoms with E-state index < -0.39 is 44.8 Å². The van der Waals surface area contributed by atoms with Crippen LogP contribution in [-0.2, 0) is 42.9 Å². The molecule has 0 unspecified atom stereocenters. The molecule has 0 radical (unpaired) electrons. The number of hydrogen-bond acceptors (Lipinski definition) is 10. The fourth-order valence-electron chi connectivity index (χ4n) is 1.84. The predicted octanol–water partition coefficient (Wildman–Crippen LogP) is -0.673. The van der Waals surface area contributed by atoms with Crippen molar-refractivity contribution in [2.45, 2.75) is 31.5 Å². The lowest BCUT2D eigenvalue weighted by molar-refractivity contribution is -0.138. The fraction of sp³-hybridized carbons (Fsp3) is 0.900. The Bertz CT molecular complexity index is 597. The molecule has 1 aliphatic heterocycles. The van der Waals surface area contributed by atoms with Gasteiger partial charge >= 0.3 is 0 Å². The zero-order valence-electron chi connectivity index (χ0n) is 12.4. The molecule has 12 heteroatoms. The normalized spacial score (nSPS) is 29.6. The minimum atomic E-state index is -3.90. The average Bonchev–Trinajstić information content (AvgIpc) is 2.61. The van der Waals surface area contributed by atoms with Crippen molar-refractivity contribution in [3.63, 3.8) is 0 Å². The Morgan fingerprint density at radius 2 is 1.59 bits per heavy atom. The maximum Gasteiger partial charge on any atom is 0.264 e. The van der Waals surface area contributed by atoms with Crippen LogP contribution >= 0.6 is 11.8 Å². The molecule has 0 bridgehead atoms. The highest BCUT2D eigenvalue weighted by molar-refractivity contribution is 8.13. The smallest absolute Gasteiger partial charge is 0.264 e. The maximum atomic E-state index is 11.4. The third kappa shape index (κ3) is 6.48. The summed E-state index contributed by atoms with van der Waals surface area (Å²) in [5.74, 6) is 0.0685. The van der Waals surface area contributed by atoms with E-state index in [0.717, 1.165) is 24.3 Å². The van der Waals surface area contributed by atoms with Crippen LogP contribution in [0.3, 0.4) is 0 Å². The van der Waals surface area contributed by atoms with Gasteiger partial charge in [-0.05, 0) is 0 Å². The summed E-state index contributed by atoms with van der Waals surface area (Å²) in [6.07, 6.45) is -2.94. The summed E-state index contributed by atoms with van der Waals surface area (Å²) in [5, 5.41) is -0.205. The van der Waals surface area contributed by atoms with Gasteiger partial charge in [0.1, 0.15) is 12.2 Å². The molecular weight excluding hydrogens is 360 g/mol. The van der Waals surface area contributed by atoms with E-state index in [1.807, 2.05) is 0 Å². The Morgan fingerprint density at radius 3 is 2.00 bits per heavy atom. The van der Waals surface area contributed by atoms with E-state index in [9.17, 15) is 21.6 Å². The highest BCUT2D eigenvalue weighted by atomic mass is 32.2. The number of carbonyl (C=O) groups excluding carboxylic acids is 1. The molecule has 0 aromatic rings. The molecule has 0 amide bonds. The summed E-state index contributed by atoms with van der Waals surface area (Å²) in [4.78, 5) is 11.0. The molecular formula is C10H18O9S3. The van der Waals surface area contributed by atoms with Gasteiger partial charge in [0.15, 0.2) is 17.5 Å². The molecule has 130 valence electrons. The Hall–Kier alpha value is -0.240. The van der Waals surface area contributed by atoms with Crippen LogP contribution in [0.5, 0.6) is 0 Å².